The molecule has 2 N–H and O–H groups in total. The Kier molecular flexibility index (Phi) is 7.30. The van der Waals surface area contributed by atoms with Gasteiger partial charge < -0.3 is 10.6 Å². The van der Waals surface area contributed by atoms with E-state index in [1.54, 1.807) is 12.1 Å². The van der Waals surface area contributed by atoms with E-state index in [0.717, 1.165) is 17.3 Å². The van der Waals surface area contributed by atoms with Gasteiger partial charge in [-0.25, -0.2) is 0 Å². The van der Waals surface area contributed by atoms with Gasteiger partial charge in [0.05, 0.1) is 0 Å². The quantitative estimate of drug-likeness (QED) is 0.750. The minimum absolute atomic E-state index is 0.0629. The molecule has 0 spiro atoms. The highest BCUT2D eigenvalue weighted by atomic mass is 79.9. The molecule has 0 aliphatic heterocycles. The number of rotatable bonds is 7. The standard InChI is InChI=1S/C15H21BrN2O2/c1-3-11(4-2)14(19)17-9-10-18-15(20)12-5-7-13(16)8-6-12/h5-8,11H,3-4,9-10H2,1-2H3,(H,17,19)(H,18,20). The number of amides is 2. The van der Waals surface area contributed by atoms with Crippen molar-refractivity contribution in [2.45, 2.75) is 26.7 Å². The Morgan fingerprint density at radius 3 is 2.15 bits per heavy atom. The number of nitrogens with one attached hydrogen (secondary N) is 2. The van der Waals surface area contributed by atoms with E-state index < -0.39 is 0 Å². The van der Waals surface area contributed by atoms with Crippen molar-refractivity contribution in [3.63, 3.8) is 0 Å². The van der Waals surface area contributed by atoms with Crippen molar-refractivity contribution < 1.29 is 9.59 Å². The summed E-state index contributed by atoms with van der Waals surface area (Å²) < 4.78 is 0.937. The molecule has 0 atom stereocenters. The molecular formula is C15H21BrN2O2. The monoisotopic (exact) mass is 340 g/mol. The largest absolute Gasteiger partial charge is 0.354 e. The molecule has 0 unspecified atom stereocenters. The number of hydrogen-bond donors (Lipinski definition) is 2. The highest BCUT2D eigenvalue weighted by molar-refractivity contribution is 9.10. The second-order valence-electron chi connectivity index (χ2n) is 4.57. The first-order valence-corrected chi connectivity index (χ1v) is 7.69. The van der Waals surface area contributed by atoms with Gasteiger partial charge in [0.2, 0.25) is 5.91 Å². The molecular weight excluding hydrogens is 320 g/mol. The second-order valence-corrected chi connectivity index (χ2v) is 5.48. The topological polar surface area (TPSA) is 58.2 Å². The van der Waals surface area contributed by atoms with Crippen molar-refractivity contribution in [1.29, 1.82) is 0 Å². The van der Waals surface area contributed by atoms with Crippen molar-refractivity contribution >= 4 is 27.7 Å². The molecule has 0 aromatic heterocycles. The van der Waals surface area contributed by atoms with Gasteiger partial charge in [-0.3, -0.25) is 9.59 Å². The molecule has 0 radical (unpaired) electrons. The zero-order valence-electron chi connectivity index (χ0n) is 11.9. The molecule has 110 valence electrons. The van der Waals surface area contributed by atoms with Crippen molar-refractivity contribution in [1.82, 2.24) is 10.6 Å². The zero-order valence-corrected chi connectivity index (χ0v) is 13.5. The van der Waals surface area contributed by atoms with Crippen LogP contribution >= 0.6 is 15.9 Å². The number of carbonyl (C=O) groups excluding carboxylic acids is 2. The van der Waals surface area contributed by atoms with E-state index in [9.17, 15) is 9.59 Å². The minimum atomic E-state index is -0.130. The Labute approximate surface area is 128 Å². The summed E-state index contributed by atoms with van der Waals surface area (Å²) in [6.45, 7) is 4.89. The molecule has 0 saturated carbocycles. The molecule has 0 aliphatic rings. The van der Waals surface area contributed by atoms with Crippen LogP contribution in [0.15, 0.2) is 28.7 Å². The first-order valence-electron chi connectivity index (χ1n) is 6.90. The fourth-order valence-electron chi connectivity index (χ4n) is 1.87. The molecule has 0 fully saturated rings. The molecule has 0 saturated heterocycles. The first-order chi connectivity index (χ1) is 9.58. The minimum Gasteiger partial charge on any atom is -0.354 e. The van der Waals surface area contributed by atoms with Crippen LogP contribution in [-0.4, -0.2) is 24.9 Å². The van der Waals surface area contributed by atoms with Gasteiger partial charge in [-0.05, 0) is 37.1 Å². The molecule has 1 aromatic rings. The summed E-state index contributed by atoms with van der Waals surface area (Å²) in [6.07, 6.45) is 1.68. The predicted molar refractivity (Wildman–Crippen MR) is 83.6 cm³/mol. The molecule has 0 heterocycles. The summed E-state index contributed by atoms with van der Waals surface area (Å²) in [5.41, 5.74) is 0.611. The normalized spacial score (nSPS) is 10.4. The summed E-state index contributed by atoms with van der Waals surface area (Å²) in [5.74, 6) is -0.000604. The van der Waals surface area contributed by atoms with Gasteiger partial charge in [0.15, 0.2) is 0 Å². The third kappa shape index (κ3) is 5.33. The molecule has 20 heavy (non-hydrogen) atoms. The fraction of sp³-hybridized carbons (Fsp3) is 0.467. The number of carbonyl (C=O) groups is 2. The van der Waals surface area contributed by atoms with Gasteiger partial charge in [-0.15, -0.1) is 0 Å². The van der Waals surface area contributed by atoms with E-state index in [2.05, 4.69) is 26.6 Å². The van der Waals surface area contributed by atoms with Crippen LogP contribution in [0.3, 0.4) is 0 Å². The van der Waals surface area contributed by atoms with Gasteiger partial charge in [-0.2, -0.15) is 0 Å². The van der Waals surface area contributed by atoms with Crippen molar-refractivity contribution in [2.24, 2.45) is 5.92 Å². The third-order valence-corrected chi connectivity index (χ3v) is 3.70. The van der Waals surface area contributed by atoms with Crippen LogP contribution < -0.4 is 10.6 Å². The summed E-state index contributed by atoms with van der Waals surface area (Å²) >= 11 is 3.32. The third-order valence-electron chi connectivity index (χ3n) is 3.17. The van der Waals surface area contributed by atoms with Crippen LogP contribution in [-0.2, 0) is 4.79 Å². The second kappa shape index (κ2) is 8.74. The van der Waals surface area contributed by atoms with E-state index in [1.165, 1.54) is 0 Å². The van der Waals surface area contributed by atoms with Gasteiger partial charge in [0.25, 0.3) is 5.91 Å². The molecule has 1 aromatic carbocycles. The van der Waals surface area contributed by atoms with E-state index in [0.29, 0.717) is 18.7 Å². The lowest BCUT2D eigenvalue weighted by molar-refractivity contribution is -0.125. The molecule has 0 bridgehead atoms. The average Bonchev–Trinajstić information content (AvgIpc) is 2.45. The van der Waals surface area contributed by atoms with Crippen LogP contribution in [0.25, 0.3) is 0 Å². The molecule has 2 amide bonds. The highest BCUT2D eigenvalue weighted by Gasteiger charge is 2.13. The molecule has 0 aliphatic carbocycles. The smallest absolute Gasteiger partial charge is 0.251 e. The van der Waals surface area contributed by atoms with Gasteiger partial charge in [-0.1, -0.05) is 29.8 Å². The van der Waals surface area contributed by atoms with Crippen molar-refractivity contribution in [2.75, 3.05) is 13.1 Å². The van der Waals surface area contributed by atoms with Crippen LogP contribution in [0, 0.1) is 5.92 Å². The number of benzene rings is 1. The average molecular weight is 341 g/mol. The van der Waals surface area contributed by atoms with E-state index in [1.807, 2.05) is 26.0 Å². The Hall–Kier alpha value is -1.36. The predicted octanol–water partition coefficient (Wildman–Crippen LogP) is 2.73. The summed E-state index contributed by atoms with van der Waals surface area (Å²) in [5, 5.41) is 5.62. The van der Waals surface area contributed by atoms with Crippen LogP contribution in [0.2, 0.25) is 0 Å². The number of halogens is 1. The maximum atomic E-state index is 11.8. The molecule has 5 heteroatoms. The number of hydrogen-bond acceptors (Lipinski definition) is 2. The highest BCUT2D eigenvalue weighted by Crippen LogP contribution is 2.10. The maximum Gasteiger partial charge on any atom is 0.251 e. The zero-order chi connectivity index (χ0) is 15.0. The van der Waals surface area contributed by atoms with Crippen molar-refractivity contribution in [3.05, 3.63) is 34.3 Å². The Bertz CT molecular complexity index is 442. The lowest BCUT2D eigenvalue weighted by Gasteiger charge is -2.13. The van der Waals surface area contributed by atoms with Crippen LogP contribution in [0.4, 0.5) is 0 Å². The molecule has 1 rings (SSSR count). The van der Waals surface area contributed by atoms with E-state index in [-0.39, 0.29) is 17.7 Å². The SMILES string of the molecule is CCC(CC)C(=O)NCCNC(=O)c1ccc(Br)cc1. The van der Waals surface area contributed by atoms with Crippen molar-refractivity contribution in [3.8, 4) is 0 Å². The Balaban J connectivity index is 2.29. The van der Waals surface area contributed by atoms with Crippen LogP contribution in [0.5, 0.6) is 0 Å². The van der Waals surface area contributed by atoms with Crippen LogP contribution in [0.1, 0.15) is 37.0 Å². The van der Waals surface area contributed by atoms with E-state index >= 15 is 0 Å². The molecule has 4 nitrogen and oxygen atoms in total. The van der Waals surface area contributed by atoms with Gasteiger partial charge in [0, 0.05) is 29.0 Å². The van der Waals surface area contributed by atoms with E-state index in [4.69, 9.17) is 0 Å². The van der Waals surface area contributed by atoms with Gasteiger partial charge >= 0.3 is 0 Å². The lowest BCUT2D eigenvalue weighted by Crippen LogP contribution is -2.37. The first kappa shape index (κ1) is 16.7. The lowest BCUT2D eigenvalue weighted by atomic mass is 10.0. The maximum absolute atomic E-state index is 11.8. The summed E-state index contributed by atoms with van der Waals surface area (Å²) in [7, 11) is 0. The summed E-state index contributed by atoms with van der Waals surface area (Å²) in [6, 6.07) is 7.15. The summed E-state index contributed by atoms with van der Waals surface area (Å²) in [4.78, 5) is 23.5. The Morgan fingerprint density at radius 1 is 1.05 bits per heavy atom. The van der Waals surface area contributed by atoms with Gasteiger partial charge in [0.1, 0.15) is 0 Å². The fourth-order valence-corrected chi connectivity index (χ4v) is 2.13. The Morgan fingerprint density at radius 2 is 1.60 bits per heavy atom.